The fraction of sp³-hybridized carbons (Fsp3) is 0.433. The molecule has 1 saturated heterocycles. The average Bonchev–Trinajstić information content (AvgIpc) is 3.64. The third-order valence-electron chi connectivity index (χ3n) is 7.96. The Kier molecular flexibility index (Phi) is 8.90. The summed E-state index contributed by atoms with van der Waals surface area (Å²) in [7, 11) is -3.87. The first-order valence-electron chi connectivity index (χ1n) is 14.4. The number of fused-ring (bicyclic) bond motifs is 1. The Hall–Kier alpha value is -3.69. The number of carbonyl (C=O) groups is 2. The molecule has 2 aliphatic heterocycles. The Morgan fingerprint density at radius 1 is 1.02 bits per heavy atom. The first kappa shape index (κ1) is 32.7. The second-order valence-corrected chi connectivity index (χ2v) is 14.7. The van der Waals surface area contributed by atoms with Gasteiger partial charge in [-0.25, -0.2) is 18.2 Å². The molecule has 1 N–H and O–H groups in total. The van der Waals surface area contributed by atoms with Gasteiger partial charge in [-0.15, -0.1) is 11.3 Å². The number of nitrogens with zero attached hydrogens (tertiary/aromatic N) is 5. The fourth-order valence-corrected chi connectivity index (χ4v) is 7.89. The van der Waals surface area contributed by atoms with Crippen LogP contribution in [0.1, 0.15) is 48.0 Å². The average molecular weight is 666 g/mol. The van der Waals surface area contributed by atoms with Crippen LogP contribution in [0.4, 0.5) is 28.8 Å². The summed E-state index contributed by atoms with van der Waals surface area (Å²) in [5, 5.41) is 10.7. The fourth-order valence-electron chi connectivity index (χ4n) is 5.53. The van der Waals surface area contributed by atoms with Gasteiger partial charge in [-0.1, -0.05) is 12.1 Å². The summed E-state index contributed by atoms with van der Waals surface area (Å²) in [6, 6.07) is 11.8. The van der Waals surface area contributed by atoms with Crippen molar-refractivity contribution in [1.29, 1.82) is 0 Å². The Balaban J connectivity index is 1.25. The molecule has 0 saturated carbocycles. The molecule has 15 heteroatoms. The van der Waals surface area contributed by atoms with Crippen LogP contribution in [0.2, 0.25) is 0 Å². The highest BCUT2D eigenvalue weighted by atomic mass is 32.2. The molecule has 5 rings (SSSR count). The molecule has 1 aromatic heterocycles. The number of benzene rings is 2. The van der Waals surface area contributed by atoms with E-state index < -0.39 is 33.5 Å². The van der Waals surface area contributed by atoms with E-state index in [2.05, 4.69) is 4.98 Å². The van der Waals surface area contributed by atoms with Gasteiger partial charge in [-0.2, -0.15) is 17.5 Å². The van der Waals surface area contributed by atoms with Crippen LogP contribution in [0, 0.1) is 0 Å². The molecule has 0 spiro atoms. The largest absolute Gasteiger partial charge is 0.465 e. The summed E-state index contributed by atoms with van der Waals surface area (Å²) < 4.78 is 67.1. The lowest BCUT2D eigenvalue weighted by Gasteiger charge is -2.33. The smallest absolute Gasteiger partial charge is 0.434 e. The number of rotatable bonds is 7. The highest BCUT2D eigenvalue weighted by Gasteiger charge is 2.36. The molecule has 2 aliphatic rings. The highest BCUT2D eigenvalue weighted by Crippen LogP contribution is 2.35. The molecule has 2 aromatic carbocycles. The summed E-state index contributed by atoms with van der Waals surface area (Å²) >= 11 is 0.880. The molecule has 0 atom stereocenters. The molecule has 10 nitrogen and oxygen atoms in total. The number of amides is 2. The predicted molar refractivity (Wildman–Crippen MR) is 165 cm³/mol. The number of hydrogen-bond acceptors (Lipinski definition) is 7. The standard InChI is InChI=1S/C30H34F3N5O5S2/c1-29(2,3)38(28(40)41)12-9-20-5-4-6-22(17-20)26(39)37-11-10-21-18-23(7-8-24(21)37)45(42,43)36-15-13-35(14-16-36)27-34-25(19-44-27)30(31,32)33/h4-8,17-19H,9-16H2,1-3H3,(H,40,41). The Bertz CT molecular complexity index is 1700. The lowest BCUT2D eigenvalue weighted by atomic mass is 10.0. The molecule has 1 fully saturated rings. The van der Waals surface area contributed by atoms with Crippen LogP contribution in [-0.4, -0.2) is 84.5 Å². The zero-order valence-corrected chi connectivity index (χ0v) is 26.7. The Morgan fingerprint density at radius 2 is 1.73 bits per heavy atom. The minimum atomic E-state index is -4.53. The number of aromatic nitrogens is 1. The summed E-state index contributed by atoms with van der Waals surface area (Å²) in [6.07, 6.45) is -4.63. The minimum Gasteiger partial charge on any atom is -0.465 e. The van der Waals surface area contributed by atoms with Crippen LogP contribution >= 0.6 is 11.3 Å². The lowest BCUT2D eigenvalue weighted by Crippen LogP contribution is -2.48. The lowest BCUT2D eigenvalue weighted by molar-refractivity contribution is -0.140. The Labute approximate surface area is 263 Å². The molecule has 242 valence electrons. The van der Waals surface area contributed by atoms with E-state index in [1.54, 1.807) is 40.1 Å². The van der Waals surface area contributed by atoms with E-state index >= 15 is 0 Å². The van der Waals surface area contributed by atoms with Crippen LogP contribution in [0.3, 0.4) is 0 Å². The second-order valence-electron chi connectivity index (χ2n) is 12.0. The third kappa shape index (κ3) is 6.94. The molecule has 3 heterocycles. The monoisotopic (exact) mass is 665 g/mol. The molecule has 3 aromatic rings. The van der Waals surface area contributed by atoms with Gasteiger partial charge in [0.25, 0.3) is 5.91 Å². The van der Waals surface area contributed by atoms with Crippen molar-refractivity contribution in [2.24, 2.45) is 0 Å². The molecular weight excluding hydrogens is 631 g/mol. The number of carboxylic acid groups (broad SMARTS) is 1. The molecule has 0 bridgehead atoms. The zero-order valence-electron chi connectivity index (χ0n) is 25.0. The number of alkyl halides is 3. The number of carbonyl (C=O) groups excluding carboxylic acids is 1. The molecule has 0 unspecified atom stereocenters. The van der Waals surface area contributed by atoms with Crippen molar-refractivity contribution in [2.45, 2.75) is 50.2 Å². The van der Waals surface area contributed by atoms with Crippen LogP contribution in [0.25, 0.3) is 0 Å². The van der Waals surface area contributed by atoms with E-state index in [-0.39, 0.29) is 48.7 Å². The van der Waals surface area contributed by atoms with Crippen molar-refractivity contribution in [1.82, 2.24) is 14.2 Å². The molecule has 0 aliphatic carbocycles. The molecule has 0 radical (unpaired) electrons. The topological polar surface area (TPSA) is 114 Å². The van der Waals surface area contributed by atoms with Crippen molar-refractivity contribution in [3.05, 3.63) is 70.2 Å². The maximum absolute atomic E-state index is 13.5. The maximum Gasteiger partial charge on any atom is 0.434 e. The van der Waals surface area contributed by atoms with Crippen LogP contribution in [-0.2, 0) is 29.0 Å². The SMILES string of the molecule is CC(C)(C)N(CCc1cccc(C(=O)N2CCc3cc(S(=O)(=O)N4CCN(c5nc(C(F)(F)F)cs5)CC4)ccc32)c1)C(=O)O. The van der Waals surface area contributed by atoms with Crippen molar-refractivity contribution in [3.63, 3.8) is 0 Å². The van der Waals surface area contributed by atoms with Gasteiger partial charge >= 0.3 is 12.3 Å². The second kappa shape index (κ2) is 12.2. The maximum atomic E-state index is 13.5. The number of anilines is 2. The predicted octanol–water partition coefficient (Wildman–Crippen LogP) is 5.20. The van der Waals surface area contributed by atoms with Crippen LogP contribution in [0.15, 0.2) is 52.7 Å². The van der Waals surface area contributed by atoms with Crippen molar-refractivity contribution >= 4 is 44.2 Å². The van der Waals surface area contributed by atoms with E-state index in [1.807, 2.05) is 26.8 Å². The summed E-state index contributed by atoms with van der Waals surface area (Å²) in [4.78, 5) is 33.6. The quantitative estimate of drug-likeness (QED) is 0.369. The zero-order chi connectivity index (χ0) is 32.7. The third-order valence-corrected chi connectivity index (χ3v) is 10.8. The summed E-state index contributed by atoms with van der Waals surface area (Å²) in [6.45, 7) is 6.75. The van der Waals surface area contributed by atoms with E-state index in [0.717, 1.165) is 27.8 Å². The normalized spacial score (nSPS) is 16.1. The molecule has 45 heavy (non-hydrogen) atoms. The van der Waals surface area contributed by atoms with Gasteiger partial charge in [0.05, 0.1) is 4.90 Å². The van der Waals surface area contributed by atoms with Gasteiger partial charge in [-0.3, -0.25) is 4.79 Å². The van der Waals surface area contributed by atoms with Gasteiger partial charge in [0.15, 0.2) is 10.8 Å². The van der Waals surface area contributed by atoms with Gasteiger partial charge < -0.3 is 19.8 Å². The number of sulfonamides is 1. The molecular formula is C30H34F3N5O5S2. The Morgan fingerprint density at radius 3 is 2.36 bits per heavy atom. The van der Waals surface area contributed by atoms with Gasteiger partial charge in [0, 0.05) is 61.4 Å². The number of halogens is 3. The van der Waals surface area contributed by atoms with Crippen molar-refractivity contribution in [3.8, 4) is 0 Å². The van der Waals surface area contributed by atoms with Gasteiger partial charge in [0.1, 0.15) is 0 Å². The number of hydrogen-bond donors (Lipinski definition) is 1. The van der Waals surface area contributed by atoms with E-state index in [0.29, 0.717) is 30.6 Å². The minimum absolute atomic E-state index is 0.0985. The number of thiazole rings is 1. The highest BCUT2D eigenvalue weighted by molar-refractivity contribution is 7.89. The van der Waals surface area contributed by atoms with E-state index in [4.69, 9.17) is 0 Å². The van der Waals surface area contributed by atoms with Gasteiger partial charge in [-0.05, 0) is 75.1 Å². The van der Waals surface area contributed by atoms with Crippen LogP contribution in [0.5, 0.6) is 0 Å². The van der Waals surface area contributed by atoms with Gasteiger partial charge in [0.2, 0.25) is 10.0 Å². The van der Waals surface area contributed by atoms with Crippen LogP contribution < -0.4 is 9.80 Å². The van der Waals surface area contributed by atoms with Crippen molar-refractivity contribution in [2.75, 3.05) is 49.1 Å². The van der Waals surface area contributed by atoms with E-state index in [9.17, 15) is 36.3 Å². The molecule has 2 amide bonds. The first-order valence-corrected chi connectivity index (χ1v) is 16.7. The summed E-state index contributed by atoms with van der Waals surface area (Å²) in [5.41, 5.74) is 1.11. The number of piperazine rings is 1. The van der Waals surface area contributed by atoms with E-state index in [1.165, 1.54) is 15.3 Å². The first-order chi connectivity index (χ1) is 21.1. The summed E-state index contributed by atoms with van der Waals surface area (Å²) in [5.74, 6) is -0.232. The van der Waals surface area contributed by atoms with Crippen molar-refractivity contribution < 1.29 is 36.3 Å².